The minimum atomic E-state index is -0.286. The Bertz CT molecular complexity index is 935. The smallest absolute Gasteiger partial charge is 0.229 e. The van der Waals surface area contributed by atoms with E-state index in [0.717, 1.165) is 62.6 Å². The largest absolute Gasteiger partial charge is 0.393 e. The van der Waals surface area contributed by atoms with Gasteiger partial charge in [0, 0.05) is 38.1 Å². The number of nitrogens with zero attached hydrogens (tertiary/aromatic N) is 3. The Kier molecular flexibility index (Phi) is 5.42. The van der Waals surface area contributed by atoms with Crippen molar-refractivity contribution in [2.75, 3.05) is 24.5 Å². The zero-order chi connectivity index (χ0) is 21.4. The van der Waals surface area contributed by atoms with Crippen molar-refractivity contribution in [2.45, 2.75) is 57.1 Å². The zero-order valence-corrected chi connectivity index (χ0v) is 17.8. The van der Waals surface area contributed by atoms with Crippen LogP contribution in [0, 0.1) is 11.2 Å². The second-order valence-corrected chi connectivity index (χ2v) is 9.38. The third kappa shape index (κ3) is 3.82. The maximum Gasteiger partial charge on any atom is 0.229 e. The number of carbonyl (C=O) groups excluding carboxylic acids is 1. The molecule has 1 aliphatic carbocycles. The Hall–Kier alpha value is -2.47. The number of carbonyl (C=O) groups is 1. The van der Waals surface area contributed by atoms with Crippen molar-refractivity contribution in [1.82, 2.24) is 9.88 Å². The third-order valence-corrected chi connectivity index (χ3v) is 7.67. The summed E-state index contributed by atoms with van der Waals surface area (Å²) in [7, 11) is 0. The molecule has 1 spiro atoms. The average molecular weight is 424 g/mol. The van der Waals surface area contributed by atoms with E-state index in [4.69, 9.17) is 0 Å². The fourth-order valence-corrected chi connectivity index (χ4v) is 5.68. The van der Waals surface area contributed by atoms with Gasteiger partial charge in [0.2, 0.25) is 5.91 Å². The molecule has 2 saturated heterocycles. The van der Waals surface area contributed by atoms with Crippen LogP contribution in [0.1, 0.15) is 44.9 Å². The van der Waals surface area contributed by atoms with Crippen molar-refractivity contribution in [1.29, 1.82) is 0 Å². The van der Waals surface area contributed by atoms with Crippen LogP contribution in [0.4, 0.5) is 10.1 Å². The van der Waals surface area contributed by atoms with E-state index in [0.29, 0.717) is 24.7 Å². The number of hydrogen-bond acceptors (Lipinski definition) is 4. The lowest BCUT2D eigenvalue weighted by atomic mass is 9.76. The second kappa shape index (κ2) is 8.23. The van der Waals surface area contributed by atoms with E-state index >= 15 is 0 Å². The summed E-state index contributed by atoms with van der Waals surface area (Å²) in [6, 6.07) is 9.40. The van der Waals surface area contributed by atoms with E-state index in [-0.39, 0.29) is 23.4 Å². The summed E-state index contributed by atoms with van der Waals surface area (Å²) in [5, 5.41) is 9.79. The second-order valence-electron chi connectivity index (χ2n) is 9.38. The van der Waals surface area contributed by atoms with Crippen LogP contribution in [0.5, 0.6) is 0 Å². The van der Waals surface area contributed by atoms with Gasteiger partial charge < -0.3 is 14.9 Å². The van der Waals surface area contributed by atoms with Crippen LogP contribution in [0.25, 0.3) is 11.1 Å². The minimum Gasteiger partial charge on any atom is -0.393 e. The molecule has 1 saturated carbocycles. The predicted molar refractivity (Wildman–Crippen MR) is 118 cm³/mol. The fourth-order valence-electron chi connectivity index (χ4n) is 5.68. The molecule has 5 nitrogen and oxygen atoms in total. The average Bonchev–Trinajstić information content (AvgIpc) is 3.12. The molecule has 1 aromatic carbocycles. The van der Waals surface area contributed by atoms with Crippen molar-refractivity contribution in [3.8, 4) is 11.1 Å². The number of rotatable bonds is 3. The molecule has 6 heteroatoms. The molecule has 0 atom stereocenters. The number of pyridine rings is 1. The molecular weight excluding hydrogens is 393 g/mol. The number of aliphatic hydroxyl groups excluding tert-OH is 1. The van der Waals surface area contributed by atoms with Gasteiger partial charge in [-0.3, -0.25) is 9.78 Å². The molecule has 0 unspecified atom stereocenters. The van der Waals surface area contributed by atoms with E-state index in [2.05, 4.69) is 14.8 Å². The molecule has 31 heavy (non-hydrogen) atoms. The molecule has 1 N–H and O–H groups in total. The van der Waals surface area contributed by atoms with Crippen LogP contribution in [0.15, 0.2) is 42.7 Å². The zero-order valence-electron chi connectivity index (χ0n) is 17.8. The quantitative estimate of drug-likeness (QED) is 0.811. The van der Waals surface area contributed by atoms with Gasteiger partial charge in [-0.15, -0.1) is 0 Å². The number of likely N-dealkylation sites (tertiary alicyclic amines) is 1. The summed E-state index contributed by atoms with van der Waals surface area (Å²) in [4.78, 5) is 21.6. The first-order valence-electron chi connectivity index (χ1n) is 11.5. The number of aromatic nitrogens is 1. The van der Waals surface area contributed by atoms with Gasteiger partial charge in [-0.25, -0.2) is 4.39 Å². The fraction of sp³-hybridized carbons (Fsp3) is 0.520. The first kappa shape index (κ1) is 20.4. The van der Waals surface area contributed by atoms with E-state index < -0.39 is 0 Å². The number of piperidine rings is 1. The first-order valence-corrected chi connectivity index (χ1v) is 11.5. The van der Waals surface area contributed by atoms with Crippen LogP contribution in [0.2, 0.25) is 0 Å². The summed E-state index contributed by atoms with van der Waals surface area (Å²) in [6.45, 7) is 2.21. The molecule has 3 heterocycles. The van der Waals surface area contributed by atoms with Gasteiger partial charge in [0.05, 0.1) is 17.2 Å². The minimum absolute atomic E-state index is 0.205. The van der Waals surface area contributed by atoms with Crippen molar-refractivity contribution in [3.05, 3.63) is 48.5 Å². The van der Waals surface area contributed by atoms with Gasteiger partial charge in [0.1, 0.15) is 5.82 Å². The number of benzene rings is 1. The van der Waals surface area contributed by atoms with Gasteiger partial charge in [-0.2, -0.15) is 0 Å². The Balaban J connectivity index is 1.28. The van der Waals surface area contributed by atoms with Crippen LogP contribution >= 0.6 is 0 Å². The number of anilines is 1. The standard InChI is InChI=1S/C25H30FN3O2/c26-22-6-1-19(18-7-12-27-13-8-18)17-23(22)28-14-9-25(10-15-28)11-16-29(24(25)31)20-2-4-21(30)5-3-20/h1,6-8,12-13,17,20-21,30H,2-5,9-11,14-16H2. The molecule has 3 fully saturated rings. The summed E-state index contributed by atoms with van der Waals surface area (Å²) >= 11 is 0. The Morgan fingerprint density at radius 1 is 0.935 bits per heavy atom. The Morgan fingerprint density at radius 3 is 2.32 bits per heavy atom. The van der Waals surface area contributed by atoms with E-state index in [9.17, 15) is 14.3 Å². The highest BCUT2D eigenvalue weighted by atomic mass is 19.1. The maximum atomic E-state index is 14.7. The van der Waals surface area contributed by atoms with Crippen molar-refractivity contribution >= 4 is 11.6 Å². The van der Waals surface area contributed by atoms with Gasteiger partial charge in [-0.1, -0.05) is 6.07 Å². The highest BCUT2D eigenvalue weighted by molar-refractivity contribution is 5.85. The van der Waals surface area contributed by atoms with Crippen LogP contribution in [0.3, 0.4) is 0 Å². The lowest BCUT2D eigenvalue weighted by Crippen LogP contribution is -2.47. The van der Waals surface area contributed by atoms with E-state index in [1.807, 2.05) is 18.2 Å². The molecule has 164 valence electrons. The van der Waals surface area contributed by atoms with Gasteiger partial charge in [0.25, 0.3) is 0 Å². The maximum absolute atomic E-state index is 14.7. The van der Waals surface area contributed by atoms with Gasteiger partial charge in [-0.05, 0) is 80.3 Å². The van der Waals surface area contributed by atoms with Crippen LogP contribution in [-0.4, -0.2) is 52.7 Å². The van der Waals surface area contributed by atoms with Crippen molar-refractivity contribution in [2.24, 2.45) is 5.41 Å². The number of halogens is 1. The number of amides is 1. The highest BCUT2D eigenvalue weighted by Crippen LogP contribution is 2.44. The molecule has 1 amide bonds. The van der Waals surface area contributed by atoms with Crippen molar-refractivity contribution in [3.63, 3.8) is 0 Å². The summed E-state index contributed by atoms with van der Waals surface area (Å²) < 4.78 is 14.7. The normalized spacial score (nSPS) is 25.9. The lowest BCUT2D eigenvalue weighted by molar-refractivity contribution is -0.139. The van der Waals surface area contributed by atoms with E-state index in [1.165, 1.54) is 6.07 Å². The first-order chi connectivity index (χ1) is 15.1. The number of aliphatic hydroxyl groups is 1. The molecule has 3 aliphatic rings. The third-order valence-electron chi connectivity index (χ3n) is 7.67. The molecule has 0 radical (unpaired) electrons. The SMILES string of the molecule is O=C1N(C2CCC(O)CC2)CCC12CCN(c1cc(-c3ccncc3)ccc1F)CC2. The topological polar surface area (TPSA) is 56.7 Å². The summed E-state index contributed by atoms with van der Waals surface area (Å²) in [6.07, 6.45) is 9.13. The van der Waals surface area contributed by atoms with E-state index in [1.54, 1.807) is 18.5 Å². The predicted octanol–water partition coefficient (Wildman–Crippen LogP) is 4.01. The summed E-state index contributed by atoms with van der Waals surface area (Å²) in [5.41, 5.74) is 2.32. The molecule has 1 aromatic heterocycles. The summed E-state index contributed by atoms with van der Waals surface area (Å²) in [5.74, 6) is 0.0773. The molecule has 0 bridgehead atoms. The Morgan fingerprint density at radius 2 is 1.61 bits per heavy atom. The highest BCUT2D eigenvalue weighted by Gasteiger charge is 2.50. The monoisotopic (exact) mass is 423 g/mol. The molecule has 5 rings (SSSR count). The lowest BCUT2D eigenvalue weighted by Gasteiger charge is -2.40. The Labute approximate surface area is 182 Å². The molecule has 2 aliphatic heterocycles. The van der Waals surface area contributed by atoms with Gasteiger partial charge >= 0.3 is 0 Å². The van der Waals surface area contributed by atoms with Gasteiger partial charge in [0.15, 0.2) is 0 Å². The number of hydrogen-bond donors (Lipinski definition) is 1. The van der Waals surface area contributed by atoms with Crippen LogP contribution < -0.4 is 4.90 Å². The van der Waals surface area contributed by atoms with Crippen LogP contribution in [-0.2, 0) is 4.79 Å². The van der Waals surface area contributed by atoms with Crippen molar-refractivity contribution < 1.29 is 14.3 Å². The molecule has 2 aromatic rings. The molecular formula is C25H30FN3O2.